The first kappa shape index (κ1) is 16.3. The van der Waals surface area contributed by atoms with Gasteiger partial charge in [-0.2, -0.15) is 0 Å². The van der Waals surface area contributed by atoms with Crippen molar-refractivity contribution in [3.63, 3.8) is 0 Å². The molecule has 118 valence electrons. The lowest BCUT2D eigenvalue weighted by Crippen LogP contribution is -2.08. The number of aryl methyl sites for hydroxylation is 1. The number of hydrogen-bond acceptors (Lipinski definition) is 4. The SMILES string of the molecule is COC(=O)c1ccc(NC(=O)/C=C/c2ccc(C)cc2)c(O)c1. The number of carbonyl (C=O) groups excluding carboxylic acids is 2. The number of esters is 1. The molecule has 0 spiro atoms. The molecular weight excluding hydrogens is 294 g/mol. The maximum absolute atomic E-state index is 11.9. The van der Waals surface area contributed by atoms with Crippen molar-refractivity contribution in [3.05, 3.63) is 65.2 Å². The summed E-state index contributed by atoms with van der Waals surface area (Å²) in [5, 5.41) is 12.4. The zero-order valence-corrected chi connectivity index (χ0v) is 12.9. The third-order valence-corrected chi connectivity index (χ3v) is 3.18. The van der Waals surface area contributed by atoms with Crippen LogP contribution < -0.4 is 5.32 Å². The fourth-order valence-electron chi connectivity index (χ4n) is 1.91. The molecule has 0 atom stereocenters. The largest absolute Gasteiger partial charge is 0.506 e. The number of rotatable bonds is 4. The van der Waals surface area contributed by atoms with Gasteiger partial charge in [-0.3, -0.25) is 4.79 Å². The summed E-state index contributed by atoms with van der Waals surface area (Å²) in [5.41, 5.74) is 2.47. The van der Waals surface area contributed by atoms with Crippen LogP contribution in [0, 0.1) is 6.92 Å². The van der Waals surface area contributed by atoms with Crippen LogP contribution in [0.2, 0.25) is 0 Å². The number of anilines is 1. The van der Waals surface area contributed by atoms with Gasteiger partial charge in [0.15, 0.2) is 0 Å². The fourth-order valence-corrected chi connectivity index (χ4v) is 1.91. The summed E-state index contributed by atoms with van der Waals surface area (Å²) < 4.78 is 4.56. The number of methoxy groups -OCH3 is 1. The minimum absolute atomic E-state index is 0.204. The lowest BCUT2D eigenvalue weighted by Gasteiger charge is -2.06. The predicted octanol–water partition coefficient (Wildman–Crippen LogP) is 3.14. The number of phenols is 1. The van der Waals surface area contributed by atoms with Gasteiger partial charge in [-0.1, -0.05) is 29.8 Å². The molecule has 0 bridgehead atoms. The first-order valence-electron chi connectivity index (χ1n) is 6.96. The Labute approximate surface area is 134 Å². The number of amides is 1. The summed E-state index contributed by atoms with van der Waals surface area (Å²) in [6.45, 7) is 1.99. The minimum atomic E-state index is -0.558. The summed E-state index contributed by atoms with van der Waals surface area (Å²) in [6, 6.07) is 11.9. The quantitative estimate of drug-likeness (QED) is 0.517. The molecule has 23 heavy (non-hydrogen) atoms. The molecule has 0 aliphatic rings. The van der Waals surface area contributed by atoms with Crippen molar-refractivity contribution in [3.8, 4) is 5.75 Å². The van der Waals surface area contributed by atoms with Gasteiger partial charge in [-0.15, -0.1) is 0 Å². The van der Waals surface area contributed by atoms with E-state index < -0.39 is 5.97 Å². The second-order valence-electron chi connectivity index (χ2n) is 4.96. The first-order valence-corrected chi connectivity index (χ1v) is 6.96. The number of ether oxygens (including phenoxy) is 1. The number of hydrogen-bond donors (Lipinski definition) is 2. The van der Waals surface area contributed by atoms with E-state index in [1.807, 2.05) is 31.2 Å². The van der Waals surface area contributed by atoms with Crippen LogP contribution in [-0.4, -0.2) is 24.1 Å². The van der Waals surface area contributed by atoms with Crippen LogP contribution in [0.3, 0.4) is 0 Å². The van der Waals surface area contributed by atoms with E-state index in [2.05, 4.69) is 10.1 Å². The van der Waals surface area contributed by atoms with E-state index in [4.69, 9.17) is 0 Å². The predicted molar refractivity (Wildman–Crippen MR) is 88.3 cm³/mol. The van der Waals surface area contributed by atoms with Gasteiger partial charge >= 0.3 is 5.97 Å². The van der Waals surface area contributed by atoms with Crippen molar-refractivity contribution in [1.82, 2.24) is 0 Å². The Morgan fingerprint density at radius 2 is 1.83 bits per heavy atom. The Balaban J connectivity index is 2.05. The van der Waals surface area contributed by atoms with Crippen LogP contribution in [0.4, 0.5) is 5.69 Å². The molecular formula is C18H17NO4. The topological polar surface area (TPSA) is 75.6 Å². The van der Waals surface area contributed by atoms with Crippen LogP contribution in [0.1, 0.15) is 21.5 Å². The number of aromatic hydroxyl groups is 1. The van der Waals surface area contributed by atoms with Crippen LogP contribution >= 0.6 is 0 Å². The molecule has 0 fully saturated rings. The number of carbonyl (C=O) groups is 2. The zero-order chi connectivity index (χ0) is 16.8. The van der Waals surface area contributed by atoms with Crippen molar-refractivity contribution in [2.75, 3.05) is 12.4 Å². The van der Waals surface area contributed by atoms with Gasteiger partial charge in [0.05, 0.1) is 18.4 Å². The molecule has 0 aliphatic heterocycles. The molecule has 0 saturated heterocycles. The first-order chi connectivity index (χ1) is 11.0. The normalized spacial score (nSPS) is 10.5. The molecule has 2 aromatic carbocycles. The molecule has 0 saturated carbocycles. The van der Waals surface area contributed by atoms with Gasteiger partial charge in [0.2, 0.25) is 5.91 Å². The third-order valence-electron chi connectivity index (χ3n) is 3.18. The second kappa shape index (κ2) is 7.26. The summed E-state index contributed by atoms with van der Waals surface area (Å²) >= 11 is 0. The molecule has 0 aliphatic carbocycles. The summed E-state index contributed by atoms with van der Waals surface area (Å²) in [6.07, 6.45) is 3.05. The summed E-state index contributed by atoms with van der Waals surface area (Å²) in [4.78, 5) is 23.2. The standard InChI is InChI=1S/C18H17NO4/c1-12-3-5-13(6-4-12)7-10-17(21)19-15-9-8-14(11-16(15)20)18(22)23-2/h3-11,20H,1-2H3,(H,19,21)/b10-7+. The average molecular weight is 311 g/mol. The van der Waals surface area contributed by atoms with Gasteiger partial charge in [-0.25, -0.2) is 4.79 Å². The molecule has 5 heteroatoms. The highest BCUT2D eigenvalue weighted by Crippen LogP contribution is 2.24. The molecule has 0 heterocycles. The van der Waals surface area contributed by atoms with Crippen molar-refractivity contribution in [1.29, 1.82) is 0 Å². The molecule has 2 aromatic rings. The molecule has 0 unspecified atom stereocenters. The minimum Gasteiger partial charge on any atom is -0.506 e. The van der Waals surface area contributed by atoms with Crippen molar-refractivity contribution in [2.24, 2.45) is 0 Å². The highest BCUT2D eigenvalue weighted by atomic mass is 16.5. The third kappa shape index (κ3) is 4.44. The Bertz CT molecular complexity index is 748. The van der Waals surface area contributed by atoms with E-state index >= 15 is 0 Å². The van der Waals surface area contributed by atoms with Crippen LogP contribution in [0.5, 0.6) is 5.75 Å². The Kier molecular flexibility index (Phi) is 5.15. The van der Waals surface area contributed by atoms with Crippen LogP contribution in [0.25, 0.3) is 6.08 Å². The van der Waals surface area contributed by atoms with Crippen LogP contribution in [-0.2, 0) is 9.53 Å². The highest BCUT2D eigenvalue weighted by Gasteiger charge is 2.10. The summed E-state index contributed by atoms with van der Waals surface area (Å²) in [7, 11) is 1.25. The Morgan fingerprint density at radius 3 is 2.43 bits per heavy atom. The van der Waals surface area contributed by atoms with E-state index in [0.717, 1.165) is 11.1 Å². The van der Waals surface area contributed by atoms with Gasteiger partial charge in [0.25, 0.3) is 0 Å². The van der Waals surface area contributed by atoms with E-state index in [1.165, 1.54) is 31.4 Å². The van der Waals surface area contributed by atoms with Gasteiger partial charge in [0.1, 0.15) is 5.75 Å². The van der Waals surface area contributed by atoms with E-state index in [0.29, 0.717) is 0 Å². The maximum atomic E-state index is 11.9. The maximum Gasteiger partial charge on any atom is 0.337 e. The van der Waals surface area contributed by atoms with E-state index in [-0.39, 0.29) is 22.9 Å². The van der Waals surface area contributed by atoms with E-state index in [1.54, 1.807) is 6.08 Å². The fraction of sp³-hybridized carbons (Fsp3) is 0.111. The number of benzene rings is 2. The van der Waals surface area contributed by atoms with Crippen molar-refractivity contribution >= 4 is 23.6 Å². The Hall–Kier alpha value is -3.08. The average Bonchev–Trinajstić information content (AvgIpc) is 2.55. The second-order valence-corrected chi connectivity index (χ2v) is 4.96. The van der Waals surface area contributed by atoms with Crippen LogP contribution in [0.15, 0.2) is 48.5 Å². The lowest BCUT2D eigenvalue weighted by atomic mass is 10.1. The van der Waals surface area contributed by atoms with Gasteiger partial charge in [0, 0.05) is 6.08 Å². The molecule has 2 N–H and O–H groups in total. The Morgan fingerprint density at radius 1 is 1.13 bits per heavy atom. The molecule has 2 rings (SSSR count). The number of phenolic OH excluding ortho intramolecular Hbond substituents is 1. The highest BCUT2D eigenvalue weighted by molar-refractivity contribution is 6.03. The van der Waals surface area contributed by atoms with Crippen molar-refractivity contribution < 1.29 is 19.4 Å². The van der Waals surface area contributed by atoms with E-state index in [9.17, 15) is 14.7 Å². The molecule has 1 amide bonds. The van der Waals surface area contributed by atoms with Gasteiger partial charge in [-0.05, 0) is 36.8 Å². The lowest BCUT2D eigenvalue weighted by molar-refractivity contribution is -0.111. The van der Waals surface area contributed by atoms with Crippen molar-refractivity contribution in [2.45, 2.75) is 6.92 Å². The number of nitrogens with one attached hydrogen (secondary N) is 1. The zero-order valence-electron chi connectivity index (χ0n) is 12.9. The van der Waals surface area contributed by atoms with Gasteiger partial charge < -0.3 is 15.2 Å². The molecule has 0 aromatic heterocycles. The summed E-state index contributed by atoms with van der Waals surface area (Å²) in [5.74, 6) is -1.14. The molecule has 5 nitrogen and oxygen atoms in total. The smallest absolute Gasteiger partial charge is 0.337 e. The molecule has 0 radical (unpaired) electrons. The monoisotopic (exact) mass is 311 g/mol.